The molecule has 0 amide bonds. The first kappa shape index (κ1) is 9.71. The predicted molar refractivity (Wildman–Crippen MR) is 58.2 cm³/mol. The van der Waals surface area contributed by atoms with Crippen molar-refractivity contribution in [2.45, 2.75) is 6.92 Å². The third-order valence-electron chi connectivity index (χ3n) is 2.47. The van der Waals surface area contributed by atoms with E-state index in [0.717, 1.165) is 5.56 Å². The molecule has 0 unspecified atom stereocenters. The van der Waals surface area contributed by atoms with Gasteiger partial charge >= 0.3 is 0 Å². The van der Waals surface area contributed by atoms with Gasteiger partial charge in [0.15, 0.2) is 0 Å². The molecule has 15 heavy (non-hydrogen) atoms. The first-order valence-corrected chi connectivity index (χ1v) is 4.73. The van der Waals surface area contributed by atoms with Crippen LogP contribution in [-0.2, 0) is 0 Å². The molecule has 2 aromatic rings. The van der Waals surface area contributed by atoms with Gasteiger partial charge in [0.05, 0.1) is 0 Å². The number of halogens is 1. The number of aromatic hydroxyl groups is 1. The molecule has 2 heteroatoms. The Labute approximate surface area is 87.8 Å². The topological polar surface area (TPSA) is 20.2 Å². The summed E-state index contributed by atoms with van der Waals surface area (Å²) in [6, 6.07) is 11.7. The van der Waals surface area contributed by atoms with Gasteiger partial charge in [-0.3, -0.25) is 0 Å². The molecule has 0 saturated carbocycles. The van der Waals surface area contributed by atoms with E-state index in [2.05, 4.69) is 0 Å². The van der Waals surface area contributed by atoms with Gasteiger partial charge in [0.2, 0.25) is 0 Å². The molecule has 0 aliphatic rings. The molecule has 0 fully saturated rings. The summed E-state index contributed by atoms with van der Waals surface area (Å²) >= 11 is 0. The highest BCUT2D eigenvalue weighted by Gasteiger charge is 2.08. The summed E-state index contributed by atoms with van der Waals surface area (Å²) in [7, 11) is 0. The van der Waals surface area contributed by atoms with Crippen LogP contribution in [0.1, 0.15) is 5.56 Å². The van der Waals surface area contributed by atoms with Gasteiger partial charge < -0.3 is 5.11 Å². The van der Waals surface area contributed by atoms with Crippen molar-refractivity contribution in [2.75, 3.05) is 0 Å². The standard InChI is InChI=1S/C13H11FO/c1-9-10(6-4-8-13(9)15)11-5-2-3-7-12(11)14/h2-8,15H,1H3. The van der Waals surface area contributed by atoms with E-state index in [1.165, 1.54) is 6.07 Å². The maximum absolute atomic E-state index is 13.5. The van der Waals surface area contributed by atoms with Gasteiger partial charge in [-0.15, -0.1) is 0 Å². The monoisotopic (exact) mass is 202 g/mol. The number of rotatable bonds is 1. The molecule has 1 nitrogen and oxygen atoms in total. The Morgan fingerprint density at radius 1 is 0.933 bits per heavy atom. The highest BCUT2D eigenvalue weighted by Crippen LogP contribution is 2.30. The highest BCUT2D eigenvalue weighted by molar-refractivity contribution is 5.69. The lowest BCUT2D eigenvalue weighted by atomic mass is 9.99. The van der Waals surface area contributed by atoms with Gasteiger partial charge in [0.25, 0.3) is 0 Å². The SMILES string of the molecule is Cc1c(O)cccc1-c1ccccc1F. The number of hydrogen-bond donors (Lipinski definition) is 1. The molecule has 1 N–H and O–H groups in total. The second-order valence-electron chi connectivity index (χ2n) is 3.43. The molecule has 0 aliphatic heterocycles. The highest BCUT2D eigenvalue weighted by atomic mass is 19.1. The van der Waals surface area contributed by atoms with E-state index in [-0.39, 0.29) is 11.6 Å². The first-order chi connectivity index (χ1) is 7.20. The van der Waals surface area contributed by atoms with Crippen molar-refractivity contribution < 1.29 is 9.50 Å². The lowest BCUT2D eigenvalue weighted by Crippen LogP contribution is -1.87. The predicted octanol–water partition coefficient (Wildman–Crippen LogP) is 3.51. The quantitative estimate of drug-likeness (QED) is 0.750. The fourth-order valence-electron chi connectivity index (χ4n) is 1.59. The molecule has 0 saturated heterocycles. The second kappa shape index (κ2) is 3.73. The Bertz CT molecular complexity index is 492. The summed E-state index contributed by atoms with van der Waals surface area (Å²) in [6.45, 7) is 1.77. The zero-order valence-corrected chi connectivity index (χ0v) is 8.37. The molecule has 0 bridgehead atoms. The Hall–Kier alpha value is -1.83. The number of hydrogen-bond acceptors (Lipinski definition) is 1. The number of phenols is 1. The van der Waals surface area contributed by atoms with Crippen LogP contribution in [0.3, 0.4) is 0 Å². The molecule has 0 radical (unpaired) electrons. The third-order valence-corrected chi connectivity index (χ3v) is 2.47. The van der Waals surface area contributed by atoms with E-state index < -0.39 is 0 Å². The van der Waals surface area contributed by atoms with Crippen LogP contribution in [0.15, 0.2) is 42.5 Å². The Morgan fingerprint density at radius 3 is 2.33 bits per heavy atom. The van der Waals surface area contributed by atoms with E-state index in [9.17, 15) is 9.50 Å². The van der Waals surface area contributed by atoms with Gasteiger partial charge in [0.1, 0.15) is 11.6 Å². The molecule has 0 heterocycles. The van der Waals surface area contributed by atoms with Crippen molar-refractivity contribution in [3.63, 3.8) is 0 Å². The van der Waals surface area contributed by atoms with E-state index >= 15 is 0 Å². The van der Waals surface area contributed by atoms with Crippen molar-refractivity contribution in [3.8, 4) is 16.9 Å². The van der Waals surface area contributed by atoms with Crippen molar-refractivity contribution in [1.82, 2.24) is 0 Å². The minimum Gasteiger partial charge on any atom is -0.508 e. The summed E-state index contributed by atoms with van der Waals surface area (Å²) in [4.78, 5) is 0. The fraction of sp³-hybridized carbons (Fsp3) is 0.0769. The number of benzene rings is 2. The van der Waals surface area contributed by atoms with Gasteiger partial charge in [-0.05, 0) is 30.2 Å². The average molecular weight is 202 g/mol. The minimum atomic E-state index is -0.272. The van der Waals surface area contributed by atoms with Crippen LogP contribution in [0.25, 0.3) is 11.1 Å². The van der Waals surface area contributed by atoms with Crippen LogP contribution in [-0.4, -0.2) is 5.11 Å². The molecular weight excluding hydrogens is 191 g/mol. The largest absolute Gasteiger partial charge is 0.508 e. The zero-order chi connectivity index (χ0) is 10.8. The van der Waals surface area contributed by atoms with Crippen molar-refractivity contribution in [3.05, 3.63) is 53.8 Å². The van der Waals surface area contributed by atoms with E-state index in [1.807, 2.05) is 0 Å². The summed E-state index contributed by atoms with van der Waals surface area (Å²) in [5.41, 5.74) is 1.95. The first-order valence-electron chi connectivity index (χ1n) is 4.73. The normalized spacial score (nSPS) is 10.3. The molecule has 2 rings (SSSR count). The van der Waals surface area contributed by atoms with Gasteiger partial charge in [-0.1, -0.05) is 30.3 Å². The molecule has 76 valence electrons. The third kappa shape index (κ3) is 1.71. The molecule has 0 spiro atoms. The minimum absolute atomic E-state index is 0.191. The fourth-order valence-corrected chi connectivity index (χ4v) is 1.59. The van der Waals surface area contributed by atoms with Crippen LogP contribution < -0.4 is 0 Å². The lowest BCUT2D eigenvalue weighted by Gasteiger charge is -2.08. The summed E-state index contributed by atoms with van der Waals surface area (Å²) < 4.78 is 13.5. The van der Waals surface area contributed by atoms with Gasteiger partial charge in [-0.25, -0.2) is 4.39 Å². The van der Waals surface area contributed by atoms with Crippen LogP contribution in [0, 0.1) is 12.7 Å². The van der Waals surface area contributed by atoms with Crippen LogP contribution >= 0.6 is 0 Å². The summed E-state index contributed by atoms with van der Waals surface area (Å²) in [5.74, 6) is -0.0815. The lowest BCUT2D eigenvalue weighted by molar-refractivity contribution is 0.471. The Morgan fingerprint density at radius 2 is 1.60 bits per heavy atom. The van der Waals surface area contributed by atoms with Crippen molar-refractivity contribution in [2.24, 2.45) is 0 Å². The average Bonchev–Trinajstić information content (AvgIpc) is 2.23. The number of phenolic OH excluding ortho intramolecular Hbond substituents is 1. The maximum Gasteiger partial charge on any atom is 0.131 e. The second-order valence-corrected chi connectivity index (χ2v) is 3.43. The molecule has 0 aromatic heterocycles. The van der Waals surface area contributed by atoms with Crippen molar-refractivity contribution >= 4 is 0 Å². The maximum atomic E-state index is 13.5. The van der Waals surface area contributed by atoms with E-state index in [1.54, 1.807) is 43.3 Å². The Kier molecular flexibility index (Phi) is 2.42. The molecule has 0 atom stereocenters. The molecule has 0 aliphatic carbocycles. The van der Waals surface area contributed by atoms with Crippen molar-refractivity contribution in [1.29, 1.82) is 0 Å². The smallest absolute Gasteiger partial charge is 0.131 e. The molecular formula is C13H11FO. The van der Waals surface area contributed by atoms with Gasteiger partial charge in [-0.2, -0.15) is 0 Å². The van der Waals surface area contributed by atoms with Gasteiger partial charge in [0, 0.05) is 5.56 Å². The molecule has 2 aromatic carbocycles. The van der Waals surface area contributed by atoms with E-state index in [4.69, 9.17) is 0 Å². The van der Waals surface area contributed by atoms with Crippen LogP contribution in [0.2, 0.25) is 0 Å². The van der Waals surface area contributed by atoms with Crippen LogP contribution in [0.4, 0.5) is 4.39 Å². The van der Waals surface area contributed by atoms with Crippen LogP contribution in [0.5, 0.6) is 5.75 Å². The Balaban J connectivity index is 2.65. The summed E-state index contributed by atoms with van der Waals surface area (Å²) in [5, 5.41) is 9.53. The summed E-state index contributed by atoms with van der Waals surface area (Å²) in [6.07, 6.45) is 0. The zero-order valence-electron chi connectivity index (χ0n) is 8.37. The van der Waals surface area contributed by atoms with E-state index in [0.29, 0.717) is 11.1 Å².